The predicted molar refractivity (Wildman–Crippen MR) is 141 cm³/mol. The first-order valence-electron chi connectivity index (χ1n) is 11.7. The molecule has 0 saturated carbocycles. The minimum Gasteiger partial charge on any atom is -0.491 e. The molecule has 0 aromatic heterocycles. The maximum Gasteiger partial charge on any atom is 0.222 e. The molecule has 1 aromatic rings. The van der Waals surface area contributed by atoms with E-state index in [2.05, 4.69) is 5.32 Å². The highest BCUT2D eigenvalue weighted by Crippen LogP contribution is 2.34. The van der Waals surface area contributed by atoms with E-state index in [0.717, 1.165) is 5.57 Å². The summed E-state index contributed by atoms with van der Waals surface area (Å²) in [6, 6.07) is 4.71. The third-order valence-electron chi connectivity index (χ3n) is 5.47. The molecule has 1 aromatic carbocycles. The van der Waals surface area contributed by atoms with Gasteiger partial charge in [-0.1, -0.05) is 18.2 Å². The number of anilines is 1. The van der Waals surface area contributed by atoms with Crippen LogP contribution in [0.2, 0.25) is 0 Å². The molecule has 1 heterocycles. The molecule has 188 valence electrons. The first kappa shape index (κ1) is 26.6. The Kier molecular flexibility index (Phi) is 9.59. The average molecular weight is 501 g/mol. The number of benzodiazepines with no additional fused rings is 1. The number of nitrogens with one attached hydrogen (secondary N) is 3. The Labute approximate surface area is 211 Å². The van der Waals surface area contributed by atoms with Gasteiger partial charge in [-0.2, -0.15) is 0 Å². The van der Waals surface area contributed by atoms with Crippen LogP contribution in [0, 0.1) is 10.8 Å². The monoisotopic (exact) mass is 500 g/mol. The number of amides is 1. The van der Waals surface area contributed by atoms with Gasteiger partial charge in [0.15, 0.2) is 0 Å². The fourth-order valence-corrected chi connectivity index (χ4v) is 4.07. The van der Waals surface area contributed by atoms with Gasteiger partial charge in [-0.05, 0) is 44.0 Å². The third kappa shape index (κ3) is 6.78. The number of nitrogens with zero attached hydrogens (tertiary/aromatic N) is 2. The quantitative estimate of drug-likeness (QED) is 0.169. The van der Waals surface area contributed by atoms with Gasteiger partial charge in [0.1, 0.15) is 30.1 Å². The van der Waals surface area contributed by atoms with Gasteiger partial charge in [0, 0.05) is 18.7 Å². The minimum absolute atomic E-state index is 0.00487. The number of amidine groups is 2. The highest BCUT2D eigenvalue weighted by atomic mass is 35.5. The Morgan fingerprint density at radius 3 is 2.80 bits per heavy atom. The van der Waals surface area contributed by atoms with Crippen LogP contribution in [-0.2, 0) is 9.53 Å². The SMILES string of the molecule is CCNC(=O)CC1N=C(C2=CCC(Cl)C=C2)c2cc(OCCOCCN)ccc2N(C(C)=N)C1=N. The molecular weight excluding hydrogens is 468 g/mol. The highest BCUT2D eigenvalue weighted by Gasteiger charge is 2.32. The Morgan fingerprint density at radius 1 is 1.34 bits per heavy atom. The minimum atomic E-state index is -0.763. The molecule has 9 nitrogen and oxygen atoms in total. The highest BCUT2D eigenvalue weighted by molar-refractivity contribution is 6.28. The smallest absolute Gasteiger partial charge is 0.222 e. The number of carbonyl (C=O) groups is 1. The lowest BCUT2D eigenvalue weighted by Crippen LogP contribution is -2.42. The van der Waals surface area contributed by atoms with Gasteiger partial charge in [-0.15, -0.1) is 11.6 Å². The van der Waals surface area contributed by atoms with Crippen LogP contribution in [-0.4, -0.2) is 67.6 Å². The first-order chi connectivity index (χ1) is 16.8. The van der Waals surface area contributed by atoms with Crippen molar-refractivity contribution in [2.24, 2.45) is 10.7 Å². The van der Waals surface area contributed by atoms with E-state index in [1.807, 2.05) is 37.3 Å². The molecule has 0 spiro atoms. The number of carbonyl (C=O) groups excluding carboxylic acids is 1. The van der Waals surface area contributed by atoms with E-state index in [9.17, 15) is 4.79 Å². The Bertz CT molecular complexity index is 1050. The zero-order chi connectivity index (χ0) is 25.4. The maximum absolute atomic E-state index is 12.5. The van der Waals surface area contributed by atoms with E-state index in [4.69, 9.17) is 42.6 Å². The van der Waals surface area contributed by atoms with Gasteiger partial charge in [0.25, 0.3) is 0 Å². The van der Waals surface area contributed by atoms with Crippen LogP contribution < -0.4 is 20.7 Å². The topological polar surface area (TPSA) is 137 Å². The van der Waals surface area contributed by atoms with Crippen molar-refractivity contribution in [3.63, 3.8) is 0 Å². The molecule has 35 heavy (non-hydrogen) atoms. The molecule has 10 heteroatoms. The van der Waals surface area contributed by atoms with Crippen molar-refractivity contribution in [2.45, 2.75) is 38.1 Å². The summed E-state index contributed by atoms with van der Waals surface area (Å²) in [5.74, 6) is 0.639. The second-order valence-electron chi connectivity index (χ2n) is 8.16. The zero-order valence-electron chi connectivity index (χ0n) is 20.1. The molecule has 2 atom stereocenters. The van der Waals surface area contributed by atoms with Crippen LogP contribution in [0.4, 0.5) is 5.69 Å². The second-order valence-corrected chi connectivity index (χ2v) is 8.72. The molecule has 1 amide bonds. The lowest BCUT2D eigenvalue weighted by Gasteiger charge is -2.26. The van der Waals surface area contributed by atoms with Crippen LogP contribution in [0.5, 0.6) is 5.75 Å². The van der Waals surface area contributed by atoms with E-state index in [-0.39, 0.29) is 29.4 Å². The van der Waals surface area contributed by atoms with Gasteiger partial charge in [0.05, 0.1) is 36.4 Å². The number of benzene rings is 1. The van der Waals surface area contributed by atoms with Gasteiger partial charge in [-0.25, -0.2) is 0 Å². The first-order valence-corrected chi connectivity index (χ1v) is 12.1. The van der Waals surface area contributed by atoms with Crippen molar-refractivity contribution in [3.05, 3.63) is 47.6 Å². The van der Waals surface area contributed by atoms with Crippen molar-refractivity contribution in [1.29, 1.82) is 10.8 Å². The van der Waals surface area contributed by atoms with Crippen molar-refractivity contribution in [2.75, 3.05) is 37.8 Å². The summed E-state index contributed by atoms with van der Waals surface area (Å²) >= 11 is 6.26. The fraction of sp³-hybridized carbons (Fsp3) is 0.440. The van der Waals surface area contributed by atoms with Crippen molar-refractivity contribution >= 4 is 40.6 Å². The summed E-state index contributed by atoms with van der Waals surface area (Å²) in [7, 11) is 0. The van der Waals surface area contributed by atoms with Gasteiger partial charge in [-0.3, -0.25) is 25.5 Å². The number of rotatable bonds is 10. The molecule has 0 radical (unpaired) electrons. The summed E-state index contributed by atoms with van der Waals surface area (Å²) in [5.41, 5.74) is 8.28. The van der Waals surface area contributed by atoms with Crippen LogP contribution in [0.15, 0.2) is 47.0 Å². The third-order valence-corrected chi connectivity index (χ3v) is 5.80. The van der Waals surface area contributed by atoms with Gasteiger partial charge >= 0.3 is 0 Å². The molecule has 0 fully saturated rings. The largest absolute Gasteiger partial charge is 0.491 e. The summed E-state index contributed by atoms with van der Waals surface area (Å²) in [6.45, 7) is 5.63. The molecule has 0 saturated heterocycles. The molecule has 2 unspecified atom stereocenters. The number of alkyl halides is 1. The zero-order valence-corrected chi connectivity index (χ0v) is 20.9. The summed E-state index contributed by atoms with van der Waals surface area (Å²) in [4.78, 5) is 18.9. The summed E-state index contributed by atoms with van der Waals surface area (Å²) in [5, 5.41) is 20.0. The van der Waals surface area contributed by atoms with Crippen molar-refractivity contribution in [1.82, 2.24) is 5.32 Å². The van der Waals surface area contributed by atoms with Crippen LogP contribution in [0.25, 0.3) is 0 Å². The maximum atomic E-state index is 12.5. The van der Waals surface area contributed by atoms with E-state index < -0.39 is 6.04 Å². The molecule has 2 aliphatic rings. The number of halogens is 1. The van der Waals surface area contributed by atoms with E-state index in [1.54, 1.807) is 13.0 Å². The number of hydrogen-bond donors (Lipinski definition) is 4. The standard InChI is InChI=1S/C25H33ClN6O3/c1-3-30-23(33)15-21-25(29)32(16(2)28)22-9-8-19(35-13-12-34-11-10-27)14-20(22)24(31-21)17-4-6-18(26)7-5-17/h4-6,8-9,14,18,21,28-29H,3,7,10-13,15,27H2,1-2H3,(H,30,33). The number of nitrogens with two attached hydrogens (primary N) is 1. The predicted octanol–water partition coefficient (Wildman–Crippen LogP) is 3.01. The molecule has 3 rings (SSSR count). The van der Waals surface area contributed by atoms with E-state index >= 15 is 0 Å². The molecule has 0 bridgehead atoms. The summed E-state index contributed by atoms with van der Waals surface area (Å²) < 4.78 is 11.3. The van der Waals surface area contributed by atoms with Crippen molar-refractivity contribution in [3.8, 4) is 5.75 Å². The lowest BCUT2D eigenvalue weighted by molar-refractivity contribution is -0.121. The number of allylic oxidation sites excluding steroid dienone is 4. The van der Waals surface area contributed by atoms with E-state index in [1.165, 1.54) is 4.90 Å². The van der Waals surface area contributed by atoms with Gasteiger partial charge in [0.2, 0.25) is 5.91 Å². The second kappa shape index (κ2) is 12.6. The number of hydrogen-bond acceptors (Lipinski definition) is 7. The molecule has 1 aliphatic heterocycles. The van der Waals surface area contributed by atoms with Crippen LogP contribution in [0.3, 0.4) is 0 Å². The molecular formula is C25H33ClN6O3. The summed E-state index contributed by atoms with van der Waals surface area (Å²) in [6.07, 6.45) is 6.47. The lowest BCUT2D eigenvalue weighted by atomic mass is 9.95. The Hall–Kier alpha value is -3.01. The number of aliphatic imine (C=N–C) groups is 1. The van der Waals surface area contributed by atoms with Crippen molar-refractivity contribution < 1.29 is 14.3 Å². The van der Waals surface area contributed by atoms with Crippen LogP contribution in [0.1, 0.15) is 32.3 Å². The van der Waals surface area contributed by atoms with Crippen LogP contribution >= 0.6 is 11.6 Å². The normalized spacial score (nSPS) is 19.4. The molecule has 1 aliphatic carbocycles. The Morgan fingerprint density at radius 2 is 2.14 bits per heavy atom. The van der Waals surface area contributed by atoms with Gasteiger partial charge < -0.3 is 20.5 Å². The number of fused-ring (bicyclic) bond motifs is 1. The molecule has 5 N–H and O–H groups in total. The van der Waals surface area contributed by atoms with E-state index in [0.29, 0.717) is 62.0 Å². The average Bonchev–Trinajstić information content (AvgIpc) is 2.94. The number of ether oxygens (including phenoxy) is 2. The Balaban J connectivity index is 2.06. The fourth-order valence-electron chi connectivity index (χ4n) is 3.91.